The van der Waals surface area contributed by atoms with Crippen LogP contribution in [0.4, 0.5) is 13.6 Å². The Balaban J connectivity index is 0.000000251. The summed E-state index contributed by atoms with van der Waals surface area (Å²) < 4.78 is 32.5. The van der Waals surface area contributed by atoms with Gasteiger partial charge in [-0.3, -0.25) is 14.4 Å². The highest BCUT2D eigenvalue weighted by Gasteiger charge is 2.56. The predicted octanol–water partition coefficient (Wildman–Crippen LogP) is 5.73. The molecule has 2 aromatic carbocycles. The van der Waals surface area contributed by atoms with Crippen LogP contribution in [0.25, 0.3) is 0 Å². The number of carboxylic acid groups (broad SMARTS) is 1. The molecule has 11 heteroatoms. The molecule has 2 heterocycles. The quantitative estimate of drug-likeness (QED) is 0.386. The number of ether oxygens (including phenoxy) is 1. The van der Waals surface area contributed by atoms with Gasteiger partial charge >= 0.3 is 12.1 Å². The zero-order valence-electron chi connectivity index (χ0n) is 27.1. The number of likely N-dealkylation sites (tertiary alicyclic amines) is 2. The number of carbonyl (C=O) groups excluding carboxylic acids is 3. The summed E-state index contributed by atoms with van der Waals surface area (Å²) in [6, 6.07) is 18.4. The van der Waals surface area contributed by atoms with Gasteiger partial charge in [0.15, 0.2) is 0 Å². The van der Waals surface area contributed by atoms with Crippen LogP contribution in [0.3, 0.4) is 0 Å². The van der Waals surface area contributed by atoms with Crippen molar-refractivity contribution in [3.8, 4) is 0 Å². The lowest BCUT2D eigenvalue weighted by molar-refractivity contribution is -0.152. The van der Waals surface area contributed by atoms with Crippen molar-refractivity contribution in [2.24, 2.45) is 17.3 Å². The average Bonchev–Trinajstić information content (AvgIpc) is 3.42. The molecule has 2 aliphatic rings. The highest BCUT2D eigenvalue weighted by Crippen LogP contribution is 2.41. The summed E-state index contributed by atoms with van der Waals surface area (Å²) in [6.07, 6.45) is -0.709. The zero-order chi connectivity index (χ0) is 33.7. The van der Waals surface area contributed by atoms with Gasteiger partial charge in [0.25, 0.3) is 0 Å². The van der Waals surface area contributed by atoms with E-state index in [1.807, 2.05) is 74.5 Å². The lowest BCUT2D eigenvalue weighted by atomic mass is 9.80. The molecule has 6 atom stereocenters. The second-order valence-electron chi connectivity index (χ2n) is 13.1. The van der Waals surface area contributed by atoms with Gasteiger partial charge in [0, 0.05) is 13.1 Å². The number of benzene rings is 2. The molecule has 0 radical (unpaired) electrons. The van der Waals surface area contributed by atoms with Crippen molar-refractivity contribution in [2.45, 2.75) is 71.7 Å². The molecule has 4 rings (SSSR count). The maximum atomic E-state index is 14.0. The number of alkyl halides is 2. The number of carboxylic acids is 1. The summed E-state index contributed by atoms with van der Waals surface area (Å²) in [5.74, 6) is -3.25. The fourth-order valence-corrected chi connectivity index (χ4v) is 5.80. The van der Waals surface area contributed by atoms with Gasteiger partial charge in [-0.1, -0.05) is 74.5 Å². The second kappa shape index (κ2) is 14.0. The molecule has 45 heavy (non-hydrogen) atoms. The number of hydrogen-bond acceptors (Lipinski definition) is 5. The molecule has 9 nitrogen and oxygen atoms in total. The van der Waals surface area contributed by atoms with Gasteiger partial charge in [-0.2, -0.15) is 0 Å². The zero-order valence-corrected chi connectivity index (χ0v) is 27.1. The Kier molecular flexibility index (Phi) is 11.0. The lowest BCUT2D eigenvalue weighted by Crippen LogP contribution is -2.56. The van der Waals surface area contributed by atoms with Gasteiger partial charge in [0.2, 0.25) is 11.8 Å². The molecule has 0 aromatic heterocycles. The summed E-state index contributed by atoms with van der Waals surface area (Å²) in [6.45, 7) is 10.2. The second-order valence-corrected chi connectivity index (χ2v) is 13.1. The number of nitrogens with zero attached hydrogens (tertiary/aromatic N) is 2. The van der Waals surface area contributed by atoms with Gasteiger partial charge in [-0.15, -0.1) is 0 Å². The van der Waals surface area contributed by atoms with Crippen molar-refractivity contribution in [1.82, 2.24) is 15.1 Å². The largest absolute Gasteiger partial charge is 0.481 e. The minimum Gasteiger partial charge on any atom is -0.481 e. The van der Waals surface area contributed by atoms with E-state index in [4.69, 9.17) is 4.74 Å². The summed E-state index contributed by atoms with van der Waals surface area (Å²) in [5, 5.41) is 11.9. The maximum Gasteiger partial charge on any atom is 0.408 e. The van der Waals surface area contributed by atoms with E-state index in [9.17, 15) is 33.1 Å². The summed E-state index contributed by atoms with van der Waals surface area (Å²) in [5.41, 5.74) is -1.71. The van der Waals surface area contributed by atoms with Crippen molar-refractivity contribution < 1.29 is 37.8 Å². The van der Waals surface area contributed by atoms with E-state index < -0.39 is 53.8 Å². The van der Waals surface area contributed by atoms with Gasteiger partial charge in [-0.25, -0.2) is 13.6 Å². The molecule has 2 unspecified atom stereocenters. The van der Waals surface area contributed by atoms with Crippen LogP contribution in [-0.4, -0.2) is 76.4 Å². The van der Waals surface area contributed by atoms with Crippen LogP contribution in [0.5, 0.6) is 0 Å². The van der Waals surface area contributed by atoms with Crippen molar-refractivity contribution in [1.29, 1.82) is 0 Å². The Morgan fingerprint density at radius 1 is 0.867 bits per heavy atom. The number of carbonyl (C=O) groups is 4. The Bertz CT molecular complexity index is 1350. The van der Waals surface area contributed by atoms with E-state index >= 15 is 0 Å². The molecular formula is C34H45F2N3O6. The summed E-state index contributed by atoms with van der Waals surface area (Å²) in [7, 11) is 0. The smallest absolute Gasteiger partial charge is 0.408 e. The van der Waals surface area contributed by atoms with Crippen LogP contribution in [0.15, 0.2) is 60.7 Å². The monoisotopic (exact) mass is 629 g/mol. The number of alkyl carbamates (subject to hydrolysis) is 1. The third-order valence-corrected chi connectivity index (χ3v) is 9.02. The minimum absolute atomic E-state index is 0.0884. The minimum atomic E-state index is -1.62. The van der Waals surface area contributed by atoms with Crippen molar-refractivity contribution >= 4 is 23.9 Å². The van der Waals surface area contributed by atoms with Gasteiger partial charge in [0.1, 0.15) is 29.9 Å². The fraction of sp³-hybridized carbons (Fsp3) is 0.529. The van der Waals surface area contributed by atoms with Crippen LogP contribution in [0.1, 0.15) is 71.7 Å². The number of rotatable bonds is 8. The molecular weight excluding hydrogens is 584 g/mol. The first-order chi connectivity index (χ1) is 21.0. The molecule has 0 saturated carbocycles. The molecule has 2 aromatic rings. The van der Waals surface area contributed by atoms with E-state index in [1.165, 1.54) is 11.8 Å². The molecule has 0 spiro atoms. The van der Waals surface area contributed by atoms with Gasteiger partial charge < -0.3 is 25.0 Å². The third kappa shape index (κ3) is 7.45. The number of nitrogens with one attached hydrogen (secondary N) is 1. The van der Waals surface area contributed by atoms with Gasteiger partial charge in [0.05, 0.1) is 23.9 Å². The molecule has 0 aliphatic carbocycles. The van der Waals surface area contributed by atoms with Crippen molar-refractivity contribution in [3.63, 3.8) is 0 Å². The van der Waals surface area contributed by atoms with E-state index in [-0.39, 0.29) is 37.0 Å². The Labute approximate surface area is 263 Å². The Hall–Kier alpha value is -4.02. The molecule has 246 valence electrons. The first-order valence-corrected chi connectivity index (χ1v) is 15.1. The standard InChI is InChI=1S/C19H27FN2O3.C15H18FNO3/c1-13-16(23)22(14(2)15-9-7-6-8-10-15)12-19(13,11-20)21-17(24)25-18(3,4)5;1-10-13(18)17(9-15(10,8-16)14(19)20)11(2)12-6-4-3-5-7-12/h6-10,13-14H,11-12H2,1-5H3,(H,21,24);3-7,10-11H,8-9H2,1-2H3,(H,19,20)/t13?,14-,19+;10?,11-,15-/m11/s1. The summed E-state index contributed by atoms with van der Waals surface area (Å²) in [4.78, 5) is 51.7. The summed E-state index contributed by atoms with van der Waals surface area (Å²) >= 11 is 0. The van der Waals surface area contributed by atoms with Crippen LogP contribution in [0, 0.1) is 17.3 Å². The molecule has 2 N–H and O–H groups in total. The van der Waals surface area contributed by atoms with Crippen molar-refractivity contribution in [2.75, 3.05) is 26.4 Å². The maximum absolute atomic E-state index is 14.0. The molecule has 2 aliphatic heterocycles. The van der Waals surface area contributed by atoms with Gasteiger partial charge in [-0.05, 0) is 45.7 Å². The van der Waals surface area contributed by atoms with E-state index in [0.29, 0.717) is 0 Å². The number of amides is 3. The molecule has 2 fully saturated rings. The number of halogens is 2. The van der Waals surface area contributed by atoms with E-state index in [0.717, 1.165) is 11.1 Å². The highest BCUT2D eigenvalue weighted by atomic mass is 19.1. The predicted molar refractivity (Wildman–Crippen MR) is 166 cm³/mol. The number of hydrogen-bond donors (Lipinski definition) is 2. The van der Waals surface area contributed by atoms with E-state index in [2.05, 4.69) is 5.32 Å². The SMILES string of the molecule is CC1C(=O)N([C@H](C)c2ccccc2)C[C@@]1(CF)C(=O)O.CC1C(=O)N([C@H](C)c2ccccc2)C[C@]1(CF)NC(=O)OC(C)(C)C. The van der Waals surface area contributed by atoms with Crippen LogP contribution in [-0.2, 0) is 19.1 Å². The first kappa shape index (κ1) is 35.5. The number of aliphatic carboxylic acids is 1. The molecule has 0 bridgehead atoms. The van der Waals surface area contributed by atoms with E-state index in [1.54, 1.807) is 32.6 Å². The van der Waals surface area contributed by atoms with Crippen LogP contribution >= 0.6 is 0 Å². The molecule has 2 saturated heterocycles. The third-order valence-electron chi connectivity index (χ3n) is 9.02. The molecule has 3 amide bonds. The normalized spacial score (nSPS) is 26.2. The Morgan fingerprint density at radius 3 is 1.69 bits per heavy atom. The topological polar surface area (TPSA) is 116 Å². The average molecular weight is 630 g/mol. The highest BCUT2D eigenvalue weighted by molar-refractivity contribution is 5.91. The van der Waals surface area contributed by atoms with Crippen LogP contribution in [0.2, 0.25) is 0 Å². The Morgan fingerprint density at radius 2 is 1.31 bits per heavy atom. The van der Waals surface area contributed by atoms with Crippen LogP contribution < -0.4 is 5.32 Å². The van der Waals surface area contributed by atoms with Crippen molar-refractivity contribution in [3.05, 3.63) is 71.8 Å². The lowest BCUT2D eigenvalue weighted by Gasteiger charge is -2.32. The first-order valence-electron chi connectivity index (χ1n) is 15.1. The fourth-order valence-electron chi connectivity index (χ4n) is 5.80.